The lowest BCUT2D eigenvalue weighted by Crippen LogP contribution is -2.14. The van der Waals surface area contributed by atoms with Gasteiger partial charge in [0.1, 0.15) is 0 Å². The molecule has 5 heteroatoms. The lowest BCUT2D eigenvalue weighted by Gasteiger charge is -2.22. The normalized spacial score (nSPS) is 24.3. The molecule has 4 unspecified atom stereocenters. The molecule has 4 rings (SSSR count). The van der Waals surface area contributed by atoms with Gasteiger partial charge in [-0.2, -0.15) is 4.39 Å². The summed E-state index contributed by atoms with van der Waals surface area (Å²) in [7, 11) is 0. The predicted molar refractivity (Wildman–Crippen MR) is 123 cm³/mol. The van der Waals surface area contributed by atoms with E-state index in [1.165, 1.54) is 56.7 Å². The van der Waals surface area contributed by atoms with Crippen molar-refractivity contribution in [3.8, 4) is 16.9 Å². The average Bonchev–Trinajstić information content (AvgIpc) is 3.40. The molecule has 2 aliphatic rings. The fourth-order valence-corrected chi connectivity index (χ4v) is 6.36. The summed E-state index contributed by atoms with van der Waals surface area (Å²) in [4.78, 5) is 0. The van der Waals surface area contributed by atoms with Crippen molar-refractivity contribution in [2.24, 2.45) is 17.8 Å². The van der Waals surface area contributed by atoms with Crippen LogP contribution < -0.4 is 4.74 Å². The molecule has 0 aliphatic heterocycles. The number of fused-ring (bicyclic) bond motifs is 1. The molecule has 4 atom stereocenters. The lowest BCUT2D eigenvalue weighted by atomic mass is 9.83. The number of ether oxygens (including phenoxy) is 1. The number of rotatable bonds is 9. The van der Waals surface area contributed by atoms with Crippen LogP contribution in [0.3, 0.4) is 0 Å². The van der Waals surface area contributed by atoms with Gasteiger partial charge < -0.3 is 4.74 Å². The summed E-state index contributed by atoms with van der Waals surface area (Å²) < 4.78 is 64.3. The first-order valence-corrected chi connectivity index (χ1v) is 12.6. The van der Waals surface area contributed by atoms with Crippen molar-refractivity contribution in [1.29, 1.82) is 0 Å². The van der Waals surface area contributed by atoms with E-state index in [0.717, 1.165) is 19.3 Å². The van der Waals surface area contributed by atoms with E-state index in [0.29, 0.717) is 23.3 Å². The first kappa shape index (κ1) is 24.1. The zero-order valence-electron chi connectivity index (χ0n) is 19.6. The van der Waals surface area contributed by atoms with Crippen molar-refractivity contribution in [2.75, 3.05) is 6.61 Å². The largest absolute Gasteiger partial charge is 0.491 e. The molecule has 0 heterocycles. The first-order chi connectivity index (χ1) is 16.0. The zero-order valence-corrected chi connectivity index (χ0v) is 19.6. The van der Waals surface area contributed by atoms with E-state index in [1.54, 1.807) is 13.0 Å². The van der Waals surface area contributed by atoms with E-state index in [9.17, 15) is 8.78 Å². The van der Waals surface area contributed by atoms with E-state index >= 15 is 8.78 Å². The number of halogens is 4. The Bertz CT molecular complexity index is 973. The monoisotopic (exact) mass is 462 g/mol. The number of hydrogen-bond donors (Lipinski definition) is 0. The fraction of sp³-hybridized carbons (Fsp3) is 0.571. The van der Waals surface area contributed by atoms with Crippen LogP contribution in [0.25, 0.3) is 11.1 Å². The van der Waals surface area contributed by atoms with Crippen molar-refractivity contribution in [2.45, 2.75) is 77.6 Å². The molecule has 0 radical (unpaired) electrons. The van der Waals surface area contributed by atoms with Gasteiger partial charge in [-0.3, -0.25) is 0 Å². The van der Waals surface area contributed by atoms with Gasteiger partial charge in [0.15, 0.2) is 23.2 Å². The highest BCUT2D eigenvalue weighted by Gasteiger charge is 2.45. The molecular weight excluding hydrogens is 428 g/mol. The highest BCUT2D eigenvalue weighted by atomic mass is 19.2. The predicted octanol–water partition coefficient (Wildman–Crippen LogP) is 8.80. The fourth-order valence-electron chi connectivity index (χ4n) is 6.36. The molecule has 180 valence electrons. The molecule has 0 amide bonds. The molecule has 0 spiro atoms. The second-order valence-electron chi connectivity index (χ2n) is 9.70. The van der Waals surface area contributed by atoms with Gasteiger partial charge in [-0.25, -0.2) is 13.2 Å². The SMILES string of the molecule is CCCCCCC1CCC2C(c3ccc(-c4ccc(OCC)c(F)c4F)c(F)c3F)CCC12. The third kappa shape index (κ3) is 4.65. The topological polar surface area (TPSA) is 9.23 Å². The van der Waals surface area contributed by atoms with Crippen LogP contribution in [0.5, 0.6) is 5.75 Å². The maximum atomic E-state index is 15.3. The highest BCUT2D eigenvalue weighted by molar-refractivity contribution is 5.67. The minimum Gasteiger partial charge on any atom is -0.491 e. The Morgan fingerprint density at radius 1 is 0.727 bits per heavy atom. The summed E-state index contributed by atoms with van der Waals surface area (Å²) in [6.07, 6.45) is 10.5. The minimum absolute atomic E-state index is 0.00102. The lowest BCUT2D eigenvalue weighted by molar-refractivity contribution is 0.314. The third-order valence-electron chi connectivity index (χ3n) is 7.93. The van der Waals surface area contributed by atoms with Crippen LogP contribution in [0.15, 0.2) is 24.3 Å². The highest BCUT2D eigenvalue weighted by Crippen LogP contribution is 2.56. The van der Waals surface area contributed by atoms with Gasteiger partial charge >= 0.3 is 0 Å². The summed E-state index contributed by atoms with van der Waals surface area (Å²) >= 11 is 0. The summed E-state index contributed by atoms with van der Waals surface area (Å²) in [6.45, 7) is 4.05. The van der Waals surface area contributed by atoms with Gasteiger partial charge in [0.2, 0.25) is 5.82 Å². The maximum Gasteiger partial charge on any atom is 0.201 e. The summed E-state index contributed by atoms with van der Waals surface area (Å²) in [5.74, 6) is -2.99. The van der Waals surface area contributed by atoms with Crippen LogP contribution in [-0.2, 0) is 0 Å². The number of unbranched alkanes of at least 4 members (excludes halogenated alkanes) is 3. The van der Waals surface area contributed by atoms with Crippen LogP contribution >= 0.6 is 0 Å². The smallest absolute Gasteiger partial charge is 0.201 e. The average molecular weight is 463 g/mol. The van der Waals surface area contributed by atoms with E-state index < -0.39 is 23.3 Å². The molecule has 0 saturated heterocycles. The van der Waals surface area contributed by atoms with Gasteiger partial charge in [-0.15, -0.1) is 0 Å². The van der Waals surface area contributed by atoms with E-state index in [2.05, 4.69) is 6.92 Å². The second kappa shape index (κ2) is 10.5. The van der Waals surface area contributed by atoms with E-state index in [4.69, 9.17) is 4.74 Å². The Labute approximate surface area is 194 Å². The molecule has 0 N–H and O–H groups in total. The van der Waals surface area contributed by atoms with Gasteiger partial charge in [0, 0.05) is 11.1 Å². The second-order valence-corrected chi connectivity index (χ2v) is 9.70. The zero-order chi connectivity index (χ0) is 23.5. The van der Waals surface area contributed by atoms with Crippen LogP contribution in [-0.4, -0.2) is 6.61 Å². The van der Waals surface area contributed by atoms with E-state index in [-0.39, 0.29) is 29.4 Å². The van der Waals surface area contributed by atoms with Crippen LogP contribution in [0.1, 0.15) is 83.1 Å². The summed E-state index contributed by atoms with van der Waals surface area (Å²) in [6, 6.07) is 5.48. The van der Waals surface area contributed by atoms with Crippen molar-refractivity contribution >= 4 is 0 Å². The molecule has 2 fully saturated rings. The number of hydrogen-bond acceptors (Lipinski definition) is 1. The first-order valence-electron chi connectivity index (χ1n) is 12.6. The minimum atomic E-state index is -1.23. The van der Waals surface area contributed by atoms with Gasteiger partial charge in [-0.1, -0.05) is 51.2 Å². The van der Waals surface area contributed by atoms with Gasteiger partial charge in [0.25, 0.3) is 0 Å². The Balaban J connectivity index is 1.54. The van der Waals surface area contributed by atoms with Gasteiger partial charge in [0.05, 0.1) is 6.61 Å². The van der Waals surface area contributed by atoms with Crippen LogP contribution in [0, 0.1) is 41.0 Å². The van der Waals surface area contributed by atoms with Gasteiger partial charge in [-0.05, 0) is 74.0 Å². The van der Waals surface area contributed by atoms with Crippen molar-refractivity contribution in [3.05, 3.63) is 53.1 Å². The molecule has 2 aromatic rings. The molecule has 1 nitrogen and oxygen atoms in total. The molecule has 33 heavy (non-hydrogen) atoms. The Morgan fingerprint density at radius 3 is 2.15 bits per heavy atom. The van der Waals surface area contributed by atoms with Crippen molar-refractivity contribution < 1.29 is 22.3 Å². The van der Waals surface area contributed by atoms with Crippen LogP contribution in [0.4, 0.5) is 17.6 Å². The molecule has 2 aromatic carbocycles. The maximum absolute atomic E-state index is 15.3. The standard InChI is InChI=1S/C28H34F4O/c1-3-5-6-7-8-17-9-10-19-18(17)11-12-20(19)21-13-14-22(26(30)25(21)29)23-15-16-24(33-4-2)28(32)27(23)31/h13-20H,3-12H2,1-2H3. The molecule has 0 aromatic heterocycles. The summed E-state index contributed by atoms with van der Waals surface area (Å²) in [5.41, 5.74) is -0.163. The van der Waals surface area contributed by atoms with Crippen molar-refractivity contribution in [3.63, 3.8) is 0 Å². The Morgan fingerprint density at radius 2 is 1.42 bits per heavy atom. The Hall–Kier alpha value is -2.04. The van der Waals surface area contributed by atoms with Crippen LogP contribution in [0.2, 0.25) is 0 Å². The molecular formula is C28H34F4O. The molecule has 2 aliphatic carbocycles. The molecule has 0 bridgehead atoms. The molecule has 2 saturated carbocycles. The number of benzene rings is 2. The Kier molecular flexibility index (Phi) is 7.65. The third-order valence-corrected chi connectivity index (χ3v) is 7.93. The summed E-state index contributed by atoms with van der Waals surface area (Å²) in [5, 5.41) is 0. The van der Waals surface area contributed by atoms with Crippen molar-refractivity contribution in [1.82, 2.24) is 0 Å². The van der Waals surface area contributed by atoms with E-state index in [1.807, 2.05) is 0 Å². The quantitative estimate of drug-likeness (QED) is 0.267.